The lowest BCUT2D eigenvalue weighted by Crippen LogP contribution is -2.41. The van der Waals surface area contributed by atoms with Crippen molar-refractivity contribution < 1.29 is 13.9 Å². The molecule has 1 saturated heterocycles. The molecule has 126 valence electrons. The Morgan fingerprint density at radius 2 is 2.00 bits per heavy atom. The lowest BCUT2D eigenvalue weighted by Gasteiger charge is -2.33. The fourth-order valence-corrected chi connectivity index (χ4v) is 3.41. The van der Waals surface area contributed by atoms with Crippen LogP contribution in [-0.4, -0.2) is 43.1 Å². The van der Waals surface area contributed by atoms with E-state index in [1.54, 1.807) is 12.1 Å². The van der Waals surface area contributed by atoms with Crippen molar-refractivity contribution in [3.63, 3.8) is 0 Å². The van der Waals surface area contributed by atoms with Gasteiger partial charge in [0.2, 0.25) is 5.91 Å². The number of amides is 1. The highest BCUT2D eigenvalue weighted by Crippen LogP contribution is 2.22. The summed E-state index contributed by atoms with van der Waals surface area (Å²) in [6, 6.07) is 6.87. The molecule has 2 aliphatic rings. The van der Waals surface area contributed by atoms with Crippen molar-refractivity contribution in [2.24, 2.45) is 0 Å². The zero-order valence-corrected chi connectivity index (χ0v) is 13.5. The number of carbonyl (C=O) groups excluding carboxylic acids is 1. The predicted octanol–water partition coefficient (Wildman–Crippen LogP) is 2.65. The average Bonchev–Trinajstić information content (AvgIpc) is 3.07. The van der Waals surface area contributed by atoms with Gasteiger partial charge in [0.05, 0.1) is 12.7 Å². The summed E-state index contributed by atoms with van der Waals surface area (Å²) >= 11 is 0. The molecule has 5 heteroatoms. The SMILES string of the molecule is O=C(CCN1CCO[C@H](c2ccc(F)cc2)C1)NC1CCCC1. The van der Waals surface area contributed by atoms with Crippen molar-refractivity contribution in [3.8, 4) is 0 Å². The number of ether oxygens (including phenoxy) is 1. The molecule has 1 aliphatic carbocycles. The van der Waals surface area contributed by atoms with Crippen molar-refractivity contribution in [2.75, 3.05) is 26.2 Å². The van der Waals surface area contributed by atoms with E-state index in [4.69, 9.17) is 4.74 Å². The third kappa shape index (κ3) is 4.75. The molecular weight excluding hydrogens is 295 g/mol. The second kappa shape index (κ2) is 7.88. The molecule has 1 heterocycles. The zero-order chi connectivity index (χ0) is 16.1. The zero-order valence-electron chi connectivity index (χ0n) is 13.5. The molecule has 0 aromatic heterocycles. The molecule has 0 bridgehead atoms. The van der Waals surface area contributed by atoms with Crippen LogP contribution in [0.5, 0.6) is 0 Å². The smallest absolute Gasteiger partial charge is 0.221 e. The number of morpholine rings is 1. The summed E-state index contributed by atoms with van der Waals surface area (Å²) in [4.78, 5) is 14.3. The molecular formula is C18H25FN2O2. The summed E-state index contributed by atoms with van der Waals surface area (Å²) in [6.07, 6.45) is 5.20. The number of carbonyl (C=O) groups is 1. The van der Waals surface area contributed by atoms with Crippen LogP contribution >= 0.6 is 0 Å². The summed E-state index contributed by atoms with van der Waals surface area (Å²) in [7, 11) is 0. The van der Waals surface area contributed by atoms with Crippen molar-refractivity contribution in [1.82, 2.24) is 10.2 Å². The predicted molar refractivity (Wildman–Crippen MR) is 86.5 cm³/mol. The first-order chi connectivity index (χ1) is 11.2. The Balaban J connectivity index is 1.44. The molecule has 1 aromatic rings. The number of hydrogen-bond acceptors (Lipinski definition) is 3. The van der Waals surface area contributed by atoms with Crippen molar-refractivity contribution in [2.45, 2.75) is 44.2 Å². The lowest BCUT2D eigenvalue weighted by molar-refractivity contribution is -0.122. The van der Waals surface area contributed by atoms with Crippen molar-refractivity contribution >= 4 is 5.91 Å². The minimum absolute atomic E-state index is 0.0396. The van der Waals surface area contributed by atoms with Crippen LogP contribution < -0.4 is 5.32 Å². The molecule has 1 aliphatic heterocycles. The number of rotatable bonds is 5. The van der Waals surface area contributed by atoms with Gasteiger partial charge >= 0.3 is 0 Å². The minimum atomic E-state index is -0.231. The van der Waals surface area contributed by atoms with E-state index in [-0.39, 0.29) is 17.8 Å². The maximum atomic E-state index is 13.0. The Morgan fingerprint density at radius 3 is 2.74 bits per heavy atom. The second-order valence-corrected chi connectivity index (χ2v) is 6.51. The number of hydrogen-bond donors (Lipinski definition) is 1. The van der Waals surface area contributed by atoms with E-state index in [0.717, 1.165) is 38.0 Å². The minimum Gasteiger partial charge on any atom is -0.371 e. The molecule has 3 rings (SSSR count). The van der Waals surface area contributed by atoms with Gasteiger partial charge in [0.25, 0.3) is 0 Å². The van der Waals surface area contributed by atoms with Crippen LogP contribution in [0.15, 0.2) is 24.3 Å². The maximum absolute atomic E-state index is 13.0. The van der Waals surface area contributed by atoms with Gasteiger partial charge in [0.1, 0.15) is 5.82 Å². The standard InChI is InChI=1S/C18H25FN2O2/c19-15-7-5-14(6-8-15)17-13-21(11-12-23-17)10-9-18(22)20-16-3-1-2-4-16/h5-8,16-17H,1-4,9-13H2,(H,20,22)/t17-/m0/s1. The van der Waals surface area contributed by atoms with Crippen molar-refractivity contribution in [3.05, 3.63) is 35.6 Å². The third-order valence-electron chi connectivity index (χ3n) is 4.77. The van der Waals surface area contributed by atoms with E-state index in [1.165, 1.54) is 25.0 Å². The molecule has 1 amide bonds. The molecule has 2 fully saturated rings. The van der Waals surface area contributed by atoms with Crippen LogP contribution in [0.2, 0.25) is 0 Å². The molecule has 1 aromatic carbocycles. The van der Waals surface area contributed by atoms with Gasteiger partial charge in [-0.25, -0.2) is 4.39 Å². The Labute approximate surface area is 137 Å². The summed E-state index contributed by atoms with van der Waals surface area (Å²) in [5.41, 5.74) is 0.992. The topological polar surface area (TPSA) is 41.6 Å². The van der Waals surface area contributed by atoms with Gasteiger partial charge in [-0.3, -0.25) is 9.69 Å². The number of halogens is 1. The maximum Gasteiger partial charge on any atom is 0.221 e. The molecule has 0 unspecified atom stereocenters. The molecule has 4 nitrogen and oxygen atoms in total. The molecule has 1 N–H and O–H groups in total. The quantitative estimate of drug-likeness (QED) is 0.907. The van der Waals surface area contributed by atoms with E-state index in [0.29, 0.717) is 19.1 Å². The van der Waals surface area contributed by atoms with Gasteiger partial charge in [-0.05, 0) is 30.5 Å². The highest BCUT2D eigenvalue weighted by Gasteiger charge is 2.23. The molecule has 1 atom stereocenters. The Bertz CT molecular complexity index is 514. The van der Waals surface area contributed by atoms with Crippen LogP contribution in [0, 0.1) is 5.82 Å². The third-order valence-corrected chi connectivity index (χ3v) is 4.77. The van der Waals surface area contributed by atoms with Crippen LogP contribution in [0.25, 0.3) is 0 Å². The van der Waals surface area contributed by atoms with E-state index < -0.39 is 0 Å². The largest absolute Gasteiger partial charge is 0.371 e. The first-order valence-corrected chi connectivity index (χ1v) is 8.59. The fourth-order valence-electron chi connectivity index (χ4n) is 3.41. The van der Waals surface area contributed by atoms with Crippen LogP contribution in [-0.2, 0) is 9.53 Å². The number of nitrogens with one attached hydrogen (secondary N) is 1. The van der Waals surface area contributed by atoms with Crippen LogP contribution in [0.4, 0.5) is 4.39 Å². The highest BCUT2D eigenvalue weighted by molar-refractivity contribution is 5.76. The normalized spacial score (nSPS) is 23.1. The Hall–Kier alpha value is -1.46. The van der Waals surface area contributed by atoms with E-state index in [9.17, 15) is 9.18 Å². The van der Waals surface area contributed by atoms with E-state index in [1.807, 2.05) is 0 Å². The number of nitrogens with zero attached hydrogens (tertiary/aromatic N) is 1. The van der Waals surface area contributed by atoms with Gasteiger partial charge in [0.15, 0.2) is 0 Å². The molecule has 0 radical (unpaired) electrons. The molecule has 0 spiro atoms. The van der Waals surface area contributed by atoms with Gasteiger partial charge in [-0.2, -0.15) is 0 Å². The first kappa shape index (κ1) is 16.4. The summed E-state index contributed by atoms with van der Waals surface area (Å²) < 4.78 is 18.8. The van der Waals surface area contributed by atoms with Gasteiger partial charge in [0, 0.05) is 32.1 Å². The van der Waals surface area contributed by atoms with Gasteiger partial charge in [-0.1, -0.05) is 25.0 Å². The van der Waals surface area contributed by atoms with Gasteiger partial charge in [-0.15, -0.1) is 0 Å². The Kier molecular flexibility index (Phi) is 5.62. The van der Waals surface area contributed by atoms with E-state index in [2.05, 4.69) is 10.2 Å². The summed E-state index contributed by atoms with van der Waals surface area (Å²) in [5.74, 6) is -0.0771. The lowest BCUT2D eigenvalue weighted by atomic mass is 10.1. The second-order valence-electron chi connectivity index (χ2n) is 6.51. The van der Waals surface area contributed by atoms with Crippen LogP contribution in [0.1, 0.15) is 43.8 Å². The summed E-state index contributed by atoms with van der Waals surface area (Å²) in [6.45, 7) is 2.99. The average molecular weight is 320 g/mol. The number of benzene rings is 1. The monoisotopic (exact) mass is 320 g/mol. The van der Waals surface area contributed by atoms with Gasteiger partial charge < -0.3 is 10.1 Å². The van der Waals surface area contributed by atoms with E-state index >= 15 is 0 Å². The Morgan fingerprint density at radius 1 is 1.26 bits per heavy atom. The van der Waals surface area contributed by atoms with Crippen LogP contribution in [0.3, 0.4) is 0 Å². The fraction of sp³-hybridized carbons (Fsp3) is 0.611. The molecule has 1 saturated carbocycles. The molecule has 23 heavy (non-hydrogen) atoms. The first-order valence-electron chi connectivity index (χ1n) is 8.59. The van der Waals surface area contributed by atoms with Crippen molar-refractivity contribution in [1.29, 1.82) is 0 Å². The summed E-state index contributed by atoms with van der Waals surface area (Å²) in [5, 5.41) is 3.13. The highest BCUT2D eigenvalue weighted by atomic mass is 19.1.